The van der Waals surface area contributed by atoms with Crippen molar-refractivity contribution >= 4 is 11.4 Å². The number of hydrogen-bond acceptors (Lipinski definition) is 3. The van der Waals surface area contributed by atoms with Crippen LogP contribution in [0.25, 0.3) is 0 Å². The molecule has 0 aliphatic carbocycles. The smallest absolute Gasteiger partial charge is 0.108 e. The molecule has 1 N–H and O–H groups in total. The lowest BCUT2D eigenvalue weighted by atomic mass is 10.1. The van der Waals surface area contributed by atoms with Gasteiger partial charge in [0.2, 0.25) is 0 Å². The van der Waals surface area contributed by atoms with Crippen molar-refractivity contribution in [2.45, 2.75) is 39.0 Å². The normalized spacial score (nSPS) is 10.1. The summed E-state index contributed by atoms with van der Waals surface area (Å²) in [5.41, 5.74) is 1.54. The van der Waals surface area contributed by atoms with E-state index in [-0.39, 0.29) is 0 Å². The third-order valence-corrected chi connectivity index (χ3v) is 2.58. The summed E-state index contributed by atoms with van der Waals surface area (Å²) in [4.78, 5) is 10.2. The Labute approximate surface area is 97.2 Å². The van der Waals surface area contributed by atoms with Crippen LogP contribution < -0.4 is 5.32 Å². The highest BCUT2D eigenvalue weighted by molar-refractivity contribution is 5.50. The van der Waals surface area contributed by atoms with Crippen molar-refractivity contribution < 1.29 is 0 Å². The zero-order chi connectivity index (χ0) is 11.6. The highest BCUT2D eigenvalue weighted by Gasteiger charge is 1.93. The van der Waals surface area contributed by atoms with Crippen molar-refractivity contribution in [3.8, 4) is 0 Å². The van der Waals surface area contributed by atoms with E-state index < -0.39 is 0 Å². The SMILES string of the molecule is CCCCCCCNc1ccc(N=O)cc1. The van der Waals surface area contributed by atoms with Crippen LogP contribution in [0.5, 0.6) is 0 Å². The summed E-state index contributed by atoms with van der Waals surface area (Å²) in [6.45, 7) is 3.22. The van der Waals surface area contributed by atoms with E-state index in [2.05, 4.69) is 17.4 Å². The average Bonchev–Trinajstić information content (AvgIpc) is 2.34. The van der Waals surface area contributed by atoms with Gasteiger partial charge in [-0.05, 0) is 35.9 Å². The molecule has 0 radical (unpaired) electrons. The second-order valence-corrected chi connectivity index (χ2v) is 3.98. The minimum absolute atomic E-state index is 0.480. The molecule has 1 rings (SSSR count). The molecule has 0 amide bonds. The van der Waals surface area contributed by atoms with E-state index in [0.717, 1.165) is 12.2 Å². The van der Waals surface area contributed by atoms with E-state index >= 15 is 0 Å². The summed E-state index contributed by atoms with van der Waals surface area (Å²) in [5, 5.41) is 6.19. The molecule has 0 fully saturated rings. The molecule has 0 aliphatic rings. The van der Waals surface area contributed by atoms with Crippen LogP contribution in [0.4, 0.5) is 11.4 Å². The summed E-state index contributed by atoms with van der Waals surface area (Å²) < 4.78 is 0. The molecule has 0 aromatic heterocycles. The molecule has 0 heterocycles. The fraction of sp³-hybridized carbons (Fsp3) is 0.538. The molecule has 1 aromatic rings. The minimum atomic E-state index is 0.480. The molecule has 0 saturated heterocycles. The van der Waals surface area contributed by atoms with Crippen molar-refractivity contribution in [1.82, 2.24) is 0 Å². The van der Waals surface area contributed by atoms with Gasteiger partial charge in [0.1, 0.15) is 5.69 Å². The van der Waals surface area contributed by atoms with Crippen molar-refractivity contribution in [3.63, 3.8) is 0 Å². The average molecular weight is 220 g/mol. The second kappa shape index (κ2) is 7.85. The minimum Gasteiger partial charge on any atom is -0.385 e. The molecule has 0 saturated carbocycles. The first kappa shape index (κ1) is 12.7. The van der Waals surface area contributed by atoms with Gasteiger partial charge < -0.3 is 5.32 Å². The highest BCUT2D eigenvalue weighted by Crippen LogP contribution is 2.15. The number of nitrogens with one attached hydrogen (secondary N) is 1. The molecule has 3 heteroatoms. The van der Waals surface area contributed by atoms with Crippen LogP contribution >= 0.6 is 0 Å². The van der Waals surface area contributed by atoms with Crippen molar-refractivity contribution in [2.75, 3.05) is 11.9 Å². The summed E-state index contributed by atoms with van der Waals surface area (Å²) in [6, 6.07) is 7.24. The lowest BCUT2D eigenvalue weighted by Crippen LogP contribution is -2.00. The van der Waals surface area contributed by atoms with Crippen LogP contribution in [-0.4, -0.2) is 6.54 Å². The van der Waals surface area contributed by atoms with E-state index in [1.807, 2.05) is 12.1 Å². The van der Waals surface area contributed by atoms with E-state index in [1.54, 1.807) is 12.1 Å². The second-order valence-electron chi connectivity index (χ2n) is 3.98. The largest absolute Gasteiger partial charge is 0.385 e. The Balaban J connectivity index is 2.14. The topological polar surface area (TPSA) is 41.5 Å². The first-order valence-corrected chi connectivity index (χ1v) is 6.04. The predicted octanol–water partition coefficient (Wildman–Crippen LogP) is 4.47. The lowest BCUT2D eigenvalue weighted by molar-refractivity contribution is 0.645. The fourth-order valence-corrected chi connectivity index (χ4v) is 1.60. The molecule has 3 nitrogen and oxygen atoms in total. The quantitative estimate of drug-likeness (QED) is 0.519. The lowest BCUT2D eigenvalue weighted by Gasteiger charge is -2.05. The van der Waals surface area contributed by atoms with E-state index in [9.17, 15) is 4.91 Å². The van der Waals surface area contributed by atoms with Gasteiger partial charge in [0, 0.05) is 12.2 Å². The Kier molecular flexibility index (Phi) is 6.23. The molecule has 0 spiro atoms. The predicted molar refractivity (Wildman–Crippen MR) is 69.1 cm³/mol. The Bertz CT molecular complexity index is 295. The number of nitrogens with zero attached hydrogens (tertiary/aromatic N) is 1. The van der Waals surface area contributed by atoms with Gasteiger partial charge in [0.05, 0.1) is 0 Å². The molecule has 88 valence electrons. The number of rotatable bonds is 8. The molecule has 0 atom stereocenters. The maximum atomic E-state index is 10.2. The maximum Gasteiger partial charge on any atom is 0.108 e. The number of nitroso groups, excluding NO2 is 1. The van der Waals surface area contributed by atoms with E-state index in [0.29, 0.717) is 5.69 Å². The van der Waals surface area contributed by atoms with Crippen molar-refractivity contribution in [1.29, 1.82) is 0 Å². The van der Waals surface area contributed by atoms with Crippen molar-refractivity contribution in [2.24, 2.45) is 5.18 Å². The van der Waals surface area contributed by atoms with Gasteiger partial charge in [-0.3, -0.25) is 0 Å². The zero-order valence-corrected chi connectivity index (χ0v) is 9.91. The molecular formula is C13H20N2O. The number of hydrogen-bond donors (Lipinski definition) is 1. The summed E-state index contributed by atoms with van der Waals surface area (Å²) in [7, 11) is 0. The summed E-state index contributed by atoms with van der Waals surface area (Å²) in [6.07, 6.45) is 6.43. The van der Waals surface area contributed by atoms with Crippen LogP contribution in [0.2, 0.25) is 0 Å². The van der Waals surface area contributed by atoms with Crippen LogP contribution in [-0.2, 0) is 0 Å². The molecule has 0 aliphatic heterocycles. The molecule has 0 bridgehead atoms. The van der Waals surface area contributed by atoms with E-state index in [1.165, 1.54) is 32.1 Å². The monoisotopic (exact) mass is 220 g/mol. The number of benzene rings is 1. The van der Waals surface area contributed by atoms with Crippen LogP contribution in [0.15, 0.2) is 29.4 Å². The van der Waals surface area contributed by atoms with Gasteiger partial charge in [-0.15, -0.1) is 4.91 Å². The third kappa shape index (κ3) is 4.91. The van der Waals surface area contributed by atoms with Crippen molar-refractivity contribution in [3.05, 3.63) is 29.2 Å². The maximum absolute atomic E-state index is 10.2. The highest BCUT2D eigenvalue weighted by atomic mass is 16.3. The molecular weight excluding hydrogens is 200 g/mol. The van der Waals surface area contributed by atoms with Crippen LogP contribution in [0.1, 0.15) is 39.0 Å². The van der Waals surface area contributed by atoms with Crippen LogP contribution in [0, 0.1) is 4.91 Å². The first-order chi connectivity index (χ1) is 7.86. The van der Waals surface area contributed by atoms with Gasteiger partial charge >= 0.3 is 0 Å². The molecule has 16 heavy (non-hydrogen) atoms. The Morgan fingerprint density at radius 3 is 2.38 bits per heavy atom. The van der Waals surface area contributed by atoms with Gasteiger partial charge in [0.15, 0.2) is 0 Å². The Morgan fingerprint density at radius 1 is 1.06 bits per heavy atom. The fourth-order valence-electron chi connectivity index (χ4n) is 1.60. The third-order valence-electron chi connectivity index (χ3n) is 2.58. The van der Waals surface area contributed by atoms with E-state index in [4.69, 9.17) is 0 Å². The van der Waals surface area contributed by atoms with Gasteiger partial charge in [0.25, 0.3) is 0 Å². The van der Waals surface area contributed by atoms with Gasteiger partial charge in [-0.2, -0.15) is 0 Å². The van der Waals surface area contributed by atoms with Gasteiger partial charge in [-0.25, -0.2) is 0 Å². The zero-order valence-electron chi connectivity index (χ0n) is 9.91. The summed E-state index contributed by atoms with van der Waals surface area (Å²) in [5.74, 6) is 0. The number of unbranched alkanes of at least 4 members (excludes halogenated alkanes) is 4. The molecule has 0 unspecified atom stereocenters. The molecule has 1 aromatic carbocycles. The Morgan fingerprint density at radius 2 is 1.75 bits per heavy atom. The standard InChI is InChI=1S/C13H20N2O/c1-2-3-4-5-6-11-14-12-7-9-13(15-16)10-8-12/h7-10,14H,2-6,11H2,1H3. The first-order valence-electron chi connectivity index (χ1n) is 6.04. The van der Waals surface area contributed by atoms with Crippen LogP contribution in [0.3, 0.4) is 0 Å². The number of anilines is 1. The Hall–Kier alpha value is -1.38. The summed E-state index contributed by atoms with van der Waals surface area (Å²) >= 11 is 0. The van der Waals surface area contributed by atoms with Gasteiger partial charge in [-0.1, -0.05) is 32.6 Å².